The van der Waals surface area contributed by atoms with Crippen LogP contribution in [0.15, 0.2) is 70.3 Å². The zero-order valence-electron chi connectivity index (χ0n) is 25.1. The SMILES string of the molecule is CC(C)c1ccc(NC(=O)Cn2c(=O)n(Cc3ccc4c(c3)OCO4)c(=O)c3ccc(C(=O)CC4CCCCC4)cc32)cc1. The van der Waals surface area contributed by atoms with Crippen molar-refractivity contribution in [1.82, 2.24) is 9.13 Å². The van der Waals surface area contributed by atoms with Crippen LogP contribution in [0.25, 0.3) is 10.9 Å². The Labute approximate surface area is 255 Å². The predicted molar refractivity (Wildman–Crippen MR) is 169 cm³/mol. The number of rotatable bonds is 9. The summed E-state index contributed by atoms with van der Waals surface area (Å²) < 4.78 is 13.3. The molecule has 6 rings (SSSR count). The van der Waals surface area contributed by atoms with E-state index in [-0.39, 0.29) is 36.6 Å². The van der Waals surface area contributed by atoms with Crippen molar-refractivity contribution in [2.24, 2.45) is 5.92 Å². The van der Waals surface area contributed by atoms with Gasteiger partial charge in [-0.2, -0.15) is 0 Å². The number of hydrogen-bond acceptors (Lipinski definition) is 6. The van der Waals surface area contributed by atoms with Gasteiger partial charge < -0.3 is 14.8 Å². The zero-order chi connectivity index (χ0) is 30.8. The van der Waals surface area contributed by atoms with Crippen LogP contribution < -0.4 is 26.0 Å². The lowest BCUT2D eigenvalue weighted by Crippen LogP contribution is -2.42. The third kappa shape index (κ3) is 6.18. The molecular formula is C35H37N3O6. The topological polar surface area (TPSA) is 109 Å². The number of hydrogen-bond donors (Lipinski definition) is 1. The van der Waals surface area contributed by atoms with Gasteiger partial charge in [0.2, 0.25) is 12.7 Å². The fourth-order valence-electron chi connectivity index (χ4n) is 6.17. The van der Waals surface area contributed by atoms with Gasteiger partial charge in [0.15, 0.2) is 17.3 Å². The Morgan fingerprint density at radius 2 is 1.64 bits per heavy atom. The highest BCUT2D eigenvalue weighted by Gasteiger charge is 2.22. The largest absolute Gasteiger partial charge is 0.454 e. The number of nitrogens with zero attached hydrogens (tertiary/aromatic N) is 2. The van der Waals surface area contributed by atoms with Gasteiger partial charge in [-0.3, -0.25) is 23.5 Å². The maximum absolute atomic E-state index is 14.0. The van der Waals surface area contributed by atoms with Gasteiger partial charge in [-0.25, -0.2) is 4.79 Å². The van der Waals surface area contributed by atoms with Crippen molar-refractivity contribution in [2.75, 3.05) is 12.1 Å². The summed E-state index contributed by atoms with van der Waals surface area (Å²) >= 11 is 0. The van der Waals surface area contributed by atoms with Crippen LogP contribution in [0.5, 0.6) is 11.5 Å². The van der Waals surface area contributed by atoms with Crippen LogP contribution in [0, 0.1) is 5.92 Å². The van der Waals surface area contributed by atoms with Crippen LogP contribution in [0.3, 0.4) is 0 Å². The van der Waals surface area contributed by atoms with Crippen LogP contribution in [0.4, 0.5) is 5.69 Å². The number of Topliss-reactive ketones (excluding diaryl/α,β-unsaturated/α-hetero) is 1. The molecule has 1 saturated carbocycles. The first kappa shape index (κ1) is 29.4. The molecule has 1 fully saturated rings. The molecule has 44 heavy (non-hydrogen) atoms. The smallest absolute Gasteiger partial charge is 0.332 e. The molecule has 2 aliphatic rings. The van der Waals surface area contributed by atoms with Gasteiger partial charge in [0, 0.05) is 17.7 Å². The van der Waals surface area contributed by atoms with Crippen LogP contribution in [0.2, 0.25) is 0 Å². The number of amides is 1. The Morgan fingerprint density at radius 3 is 2.39 bits per heavy atom. The highest BCUT2D eigenvalue weighted by atomic mass is 16.7. The van der Waals surface area contributed by atoms with Crippen molar-refractivity contribution in [1.29, 1.82) is 0 Å². The third-order valence-electron chi connectivity index (χ3n) is 8.69. The highest BCUT2D eigenvalue weighted by molar-refractivity contribution is 5.99. The molecule has 0 bridgehead atoms. The number of fused-ring (bicyclic) bond motifs is 2. The molecule has 0 saturated heterocycles. The van der Waals surface area contributed by atoms with Crippen molar-refractivity contribution < 1.29 is 19.1 Å². The second-order valence-electron chi connectivity index (χ2n) is 12.1. The number of ether oxygens (including phenoxy) is 2. The van der Waals surface area contributed by atoms with Crippen molar-refractivity contribution in [3.05, 3.63) is 98.2 Å². The number of aromatic nitrogens is 2. The first-order chi connectivity index (χ1) is 21.3. The van der Waals surface area contributed by atoms with Crippen molar-refractivity contribution in [3.63, 3.8) is 0 Å². The van der Waals surface area contributed by atoms with Crippen molar-refractivity contribution >= 4 is 28.3 Å². The molecule has 0 spiro atoms. The minimum Gasteiger partial charge on any atom is -0.454 e. The molecule has 0 radical (unpaired) electrons. The molecule has 2 heterocycles. The first-order valence-corrected chi connectivity index (χ1v) is 15.4. The fraction of sp³-hybridized carbons (Fsp3) is 0.371. The number of carbonyl (C=O) groups is 2. The Morgan fingerprint density at radius 1 is 0.886 bits per heavy atom. The van der Waals surface area contributed by atoms with Crippen LogP contribution in [-0.4, -0.2) is 27.6 Å². The summed E-state index contributed by atoms with van der Waals surface area (Å²) in [7, 11) is 0. The Hall–Kier alpha value is -4.66. The molecule has 1 aliphatic carbocycles. The van der Waals surface area contributed by atoms with E-state index >= 15 is 0 Å². The molecule has 3 aromatic carbocycles. The maximum atomic E-state index is 14.0. The fourth-order valence-corrected chi connectivity index (χ4v) is 6.17. The Bertz CT molecular complexity index is 1830. The normalized spacial score (nSPS) is 14.7. The van der Waals surface area contributed by atoms with Gasteiger partial charge in [-0.1, -0.05) is 70.2 Å². The van der Waals surface area contributed by atoms with Gasteiger partial charge >= 0.3 is 5.69 Å². The highest BCUT2D eigenvalue weighted by Crippen LogP contribution is 2.32. The molecular weight excluding hydrogens is 558 g/mol. The Balaban J connectivity index is 1.36. The first-order valence-electron chi connectivity index (χ1n) is 15.4. The average molecular weight is 596 g/mol. The molecule has 0 atom stereocenters. The van der Waals surface area contributed by atoms with E-state index in [4.69, 9.17) is 9.47 Å². The molecule has 1 N–H and O–H groups in total. The van der Waals surface area contributed by atoms with Crippen LogP contribution >= 0.6 is 0 Å². The molecule has 9 heteroatoms. The number of anilines is 1. The number of benzene rings is 3. The summed E-state index contributed by atoms with van der Waals surface area (Å²) in [5.41, 5.74) is 2.00. The average Bonchev–Trinajstić information content (AvgIpc) is 3.50. The molecule has 1 aliphatic heterocycles. The van der Waals surface area contributed by atoms with E-state index in [1.165, 1.54) is 11.0 Å². The molecule has 1 aromatic heterocycles. The van der Waals surface area contributed by atoms with E-state index in [0.717, 1.165) is 35.8 Å². The lowest BCUT2D eigenvalue weighted by atomic mass is 9.85. The second kappa shape index (κ2) is 12.5. The molecule has 4 aromatic rings. The molecule has 228 valence electrons. The van der Waals surface area contributed by atoms with Crippen molar-refractivity contribution in [3.8, 4) is 11.5 Å². The van der Waals surface area contributed by atoms with Gasteiger partial charge in [0.05, 0.1) is 17.4 Å². The van der Waals surface area contributed by atoms with E-state index in [2.05, 4.69) is 19.2 Å². The zero-order valence-corrected chi connectivity index (χ0v) is 25.1. The summed E-state index contributed by atoms with van der Waals surface area (Å²) in [5.74, 6) is 1.40. The molecule has 9 nitrogen and oxygen atoms in total. The Kier molecular flexibility index (Phi) is 8.37. The van der Waals surface area contributed by atoms with Crippen molar-refractivity contribution in [2.45, 2.75) is 71.4 Å². The summed E-state index contributed by atoms with van der Waals surface area (Å²) in [6, 6.07) is 17.7. The van der Waals surface area contributed by atoms with E-state index in [9.17, 15) is 19.2 Å². The monoisotopic (exact) mass is 595 g/mol. The predicted octanol–water partition coefficient (Wildman–Crippen LogP) is 5.86. The summed E-state index contributed by atoms with van der Waals surface area (Å²) in [6.45, 7) is 3.95. The van der Waals surface area contributed by atoms with Gasteiger partial charge in [-0.15, -0.1) is 0 Å². The van der Waals surface area contributed by atoms with Gasteiger partial charge in [-0.05, 0) is 59.4 Å². The summed E-state index contributed by atoms with van der Waals surface area (Å²) in [6.07, 6.45) is 5.97. The third-order valence-corrected chi connectivity index (χ3v) is 8.69. The molecule has 1 amide bonds. The lowest BCUT2D eigenvalue weighted by Gasteiger charge is -2.21. The minimum atomic E-state index is -0.637. The number of nitrogens with one attached hydrogen (secondary N) is 1. The standard InChI is InChI=1S/C35H37N3O6/c1-22(2)25-9-12-27(13-10-25)36-33(40)20-37-29-18-26(30(39)16-23-6-4-3-5-7-23)11-14-28(29)34(41)38(35(37)42)19-24-8-15-31-32(17-24)44-21-43-31/h8-15,17-18,22-23H,3-7,16,19-21H2,1-2H3,(H,36,40). The number of ketones is 1. The maximum Gasteiger partial charge on any atom is 0.332 e. The van der Waals surface area contributed by atoms with E-state index in [1.807, 2.05) is 24.3 Å². The van der Waals surface area contributed by atoms with Crippen LogP contribution in [-0.2, 0) is 17.9 Å². The van der Waals surface area contributed by atoms with Crippen LogP contribution in [0.1, 0.15) is 79.8 Å². The molecule has 0 unspecified atom stereocenters. The van der Waals surface area contributed by atoms with Gasteiger partial charge in [0.25, 0.3) is 5.56 Å². The van der Waals surface area contributed by atoms with E-state index in [0.29, 0.717) is 46.6 Å². The minimum absolute atomic E-state index is 0.0166. The number of carbonyl (C=O) groups excluding carboxylic acids is 2. The quantitative estimate of drug-likeness (QED) is 0.243. The summed E-state index contributed by atoms with van der Waals surface area (Å²) in [4.78, 5) is 54.3. The lowest BCUT2D eigenvalue weighted by molar-refractivity contribution is -0.116. The van der Waals surface area contributed by atoms with E-state index < -0.39 is 17.2 Å². The van der Waals surface area contributed by atoms with Gasteiger partial charge in [0.1, 0.15) is 6.54 Å². The van der Waals surface area contributed by atoms with E-state index in [1.54, 1.807) is 36.4 Å². The second-order valence-corrected chi connectivity index (χ2v) is 12.1. The summed E-state index contributed by atoms with van der Waals surface area (Å²) in [5, 5.41) is 3.13.